The molecule has 3 aliphatic rings. The zero-order valence-corrected chi connectivity index (χ0v) is 26.7. The number of piperidine rings is 1. The van der Waals surface area contributed by atoms with Crippen LogP contribution < -0.4 is 10.2 Å². The molecule has 2 saturated heterocycles. The monoisotopic (exact) mass is 611 g/mol. The molecule has 3 aromatic heterocycles. The molecule has 0 bridgehead atoms. The number of carbonyl (C=O) groups is 1. The Morgan fingerprint density at radius 2 is 1.71 bits per heavy atom. The van der Waals surface area contributed by atoms with E-state index in [0.29, 0.717) is 36.1 Å². The lowest BCUT2D eigenvalue weighted by Gasteiger charge is -2.42. The third-order valence-electron chi connectivity index (χ3n) is 10.2. The highest BCUT2D eigenvalue weighted by Crippen LogP contribution is 2.39. The third kappa shape index (κ3) is 6.34. The van der Waals surface area contributed by atoms with Crippen LogP contribution in [0.3, 0.4) is 0 Å². The number of hydrogen-bond acceptors (Lipinski definition) is 8. The van der Waals surface area contributed by atoms with Crippen molar-refractivity contribution in [1.29, 1.82) is 0 Å². The summed E-state index contributed by atoms with van der Waals surface area (Å²) >= 11 is 0. The number of aliphatic hydroxyl groups is 1. The van der Waals surface area contributed by atoms with Crippen LogP contribution in [-0.2, 0) is 7.05 Å². The van der Waals surface area contributed by atoms with Crippen LogP contribution in [-0.4, -0.2) is 103 Å². The van der Waals surface area contributed by atoms with Crippen LogP contribution in [0.15, 0.2) is 48.9 Å². The highest BCUT2D eigenvalue weighted by Gasteiger charge is 2.32. The molecule has 0 spiro atoms. The number of aromatic nitrogens is 5. The van der Waals surface area contributed by atoms with Crippen LogP contribution in [0.25, 0.3) is 22.3 Å². The van der Waals surface area contributed by atoms with Crippen molar-refractivity contribution < 1.29 is 9.90 Å². The molecule has 1 aromatic carbocycles. The standard InChI is InChI=1S/C34H45N9O2/c1-34(45)11-6-27(7-12-34)43-31-21-28(41-14-9-26(10-15-41)42-18-16-39(2)17-19-42)4-5-29(31)37-33(43)38-32(44)24-8-13-35-30(20-24)25-22-36-40(3)23-25/h4-5,8,13,20-23,26-27,45H,6-7,9-12,14-19H2,1-3H3,(H,37,38,44)/t27-,34+. The van der Waals surface area contributed by atoms with Crippen LogP contribution in [0.1, 0.15) is 61.8 Å². The van der Waals surface area contributed by atoms with Crippen molar-refractivity contribution in [3.05, 3.63) is 54.5 Å². The number of benzene rings is 1. The van der Waals surface area contributed by atoms with E-state index in [2.05, 4.69) is 59.9 Å². The van der Waals surface area contributed by atoms with E-state index >= 15 is 0 Å². The maximum atomic E-state index is 13.6. The predicted octanol–water partition coefficient (Wildman–Crippen LogP) is 4.17. The molecule has 0 atom stereocenters. The van der Waals surface area contributed by atoms with Gasteiger partial charge in [-0.2, -0.15) is 5.10 Å². The lowest BCUT2D eigenvalue weighted by Crippen LogP contribution is -2.52. The van der Waals surface area contributed by atoms with Crippen LogP contribution in [0.2, 0.25) is 0 Å². The zero-order valence-electron chi connectivity index (χ0n) is 26.7. The van der Waals surface area contributed by atoms with E-state index in [1.54, 1.807) is 29.2 Å². The van der Waals surface area contributed by atoms with Crippen molar-refractivity contribution in [2.45, 2.75) is 63.1 Å². The number of likely N-dealkylation sites (N-methyl/N-ethyl adjacent to an activating group) is 1. The van der Waals surface area contributed by atoms with Gasteiger partial charge in [-0.1, -0.05) is 0 Å². The first-order chi connectivity index (χ1) is 21.7. The summed E-state index contributed by atoms with van der Waals surface area (Å²) in [5, 5.41) is 18.1. The number of hydrogen-bond donors (Lipinski definition) is 2. The second kappa shape index (κ2) is 12.2. The molecule has 4 aromatic rings. The third-order valence-corrected chi connectivity index (χ3v) is 10.2. The fourth-order valence-corrected chi connectivity index (χ4v) is 7.35. The zero-order chi connectivity index (χ0) is 31.1. The summed E-state index contributed by atoms with van der Waals surface area (Å²) in [4.78, 5) is 30.7. The van der Waals surface area contributed by atoms with Gasteiger partial charge in [0.25, 0.3) is 5.91 Å². The Bertz CT molecular complexity index is 1650. The van der Waals surface area contributed by atoms with Gasteiger partial charge in [0.2, 0.25) is 5.95 Å². The minimum absolute atomic E-state index is 0.132. The molecule has 0 unspecified atom stereocenters. The average Bonchev–Trinajstić information content (AvgIpc) is 3.64. The van der Waals surface area contributed by atoms with Crippen LogP contribution >= 0.6 is 0 Å². The van der Waals surface area contributed by atoms with E-state index in [-0.39, 0.29) is 11.9 Å². The van der Waals surface area contributed by atoms with Crippen molar-refractivity contribution in [2.24, 2.45) is 7.05 Å². The fourth-order valence-electron chi connectivity index (χ4n) is 7.35. The van der Waals surface area contributed by atoms with E-state index in [4.69, 9.17) is 4.98 Å². The molecule has 3 fully saturated rings. The second-order valence-corrected chi connectivity index (χ2v) is 13.6. The highest BCUT2D eigenvalue weighted by atomic mass is 16.3. The summed E-state index contributed by atoms with van der Waals surface area (Å²) in [7, 11) is 4.07. The molecule has 1 saturated carbocycles. The van der Waals surface area contributed by atoms with Crippen molar-refractivity contribution >= 4 is 28.6 Å². The molecular weight excluding hydrogens is 566 g/mol. The van der Waals surface area contributed by atoms with Gasteiger partial charge in [-0.25, -0.2) is 4.98 Å². The number of piperazine rings is 1. The number of pyridine rings is 1. The first-order valence-corrected chi connectivity index (χ1v) is 16.4. The Morgan fingerprint density at radius 1 is 0.956 bits per heavy atom. The molecule has 45 heavy (non-hydrogen) atoms. The first-order valence-electron chi connectivity index (χ1n) is 16.4. The van der Waals surface area contributed by atoms with Gasteiger partial charge < -0.3 is 19.5 Å². The molecule has 0 radical (unpaired) electrons. The maximum absolute atomic E-state index is 13.6. The molecule has 2 aliphatic heterocycles. The van der Waals surface area contributed by atoms with Crippen molar-refractivity contribution in [1.82, 2.24) is 34.1 Å². The smallest absolute Gasteiger partial charge is 0.258 e. The number of imidazole rings is 1. The van der Waals surface area contributed by atoms with E-state index in [1.165, 1.54) is 31.6 Å². The maximum Gasteiger partial charge on any atom is 0.258 e. The van der Waals surface area contributed by atoms with Gasteiger partial charge in [0.05, 0.1) is 28.5 Å². The number of nitrogens with one attached hydrogen (secondary N) is 1. The van der Waals surface area contributed by atoms with Gasteiger partial charge in [0.1, 0.15) is 0 Å². The Labute approximate surface area is 264 Å². The summed E-state index contributed by atoms with van der Waals surface area (Å²) in [5.74, 6) is 0.320. The molecule has 7 rings (SSSR count). The number of aryl methyl sites for hydroxylation is 1. The summed E-state index contributed by atoms with van der Waals surface area (Å²) < 4.78 is 3.93. The quantitative estimate of drug-likeness (QED) is 0.335. The molecule has 11 heteroatoms. The van der Waals surface area contributed by atoms with Gasteiger partial charge in [0, 0.05) is 87.6 Å². The van der Waals surface area contributed by atoms with Gasteiger partial charge in [-0.15, -0.1) is 0 Å². The Morgan fingerprint density at radius 3 is 2.42 bits per heavy atom. The topological polar surface area (TPSA) is 108 Å². The highest BCUT2D eigenvalue weighted by molar-refractivity contribution is 6.04. The summed E-state index contributed by atoms with van der Waals surface area (Å²) in [6.45, 7) is 8.64. The molecule has 238 valence electrons. The molecule has 5 heterocycles. The Kier molecular flexibility index (Phi) is 8.09. The fraction of sp³-hybridized carbons (Fsp3) is 0.529. The van der Waals surface area contributed by atoms with Gasteiger partial charge in [-0.05, 0) is 82.8 Å². The molecule has 2 N–H and O–H groups in total. The normalized spacial score (nSPS) is 23.9. The number of carbonyl (C=O) groups excluding carboxylic acids is 1. The van der Waals surface area contributed by atoms with Gasteiger partial charge in [0.15, 0.2) is 0 Å². The number of nitrogens with zero attached hydrogens (tertiary/aromatic N) is 8. The largest absolute Gasteiger partial charge is 0.390 e. The van der Waals surface area contributed by atoms with E-state index in [9.17, 15) is 9.90 Å². The van der Waals surface area contributed by atoms with Crippen LogP contribution in [0.4, 0.5) is 11.6 Å². The minimum Gasteiger partial charge on any atom is -0.390 e. The lowest BCUT2D eigenvalue weighted by atomic mass is 9.83. The second-order valence-electron chi connectivity index (χ2n) is 13.6. The van der Waals surface area contributed by atoms with Gasteiger partial charge >= 0.3 is 0 Å². The first kappa shape index (κ1) is 29.9. The van der Waals surface area contributed by atoms with Crippen molar-refractivity contribution in [2.75, 3.05) is 56.5 Å². The predicted molar refractivity (Wildman–Crippen MR) is 177 cm³/mol. The molecular formula is C34H45N9O2. The van der Waals surface area contributed by atoms with Crippen LogP contribution in [0.5, 0.6) is 0 Å². The Hall–Kier alpha value is -3.80. The molecule has 1 aliphatic carbocycles. The molecule has 1 amide bonds. The Balaban J connectivity index is 1.15. The lowest BCUT2D eigenvalue weighted by molar-refractivity contribution is 0.0106. The summed E-state index contributed by atoms with van der Waals surface area (Å²) in [6, 6.07) is 10.8. The number of anilines is 2. The van der Waals surface area contributed by atoms with E-state index in [1.807, 2.05) is 20.2 Å². The van der Waals surface area contributed by atoms with E-state index in [0.717, 1.165) is 55.6 Å². The van der Waals surface area contributed by atoms with E-state index < -0.39 is 5.60 Å². The average molecular weight is 612 g/mol. The minimum atomic E-state index is -0.657. The van der Waals surface area contributed by atoms with Crippen molar-refractivity contribution in [3.63, 3.8) is 0 Å². The number of rotatable bonds is 6. The molecule has 11 nitrogen and oxygen atoms in total. The van der Waals surface area contributed by atoms with Gasteiger partial charge in [-0.3, -0.25) is 24.7 Å². The van der Waals surface area contributed by atoms with Crippen LogP contribution in [0, 0.1) is 0 Å². The summed E-state index contributed by atoms with van der Waals surface area (Å²) in [5.41, 5.74) is 4.50. The summed E-state index contributed by atoms with van der Waals surface area (Å²) in [6.07, 6.45) is 10.7. The number of fused-ring (bicyclic) bond motifs is 1. The number of amides is 1. The van der Waals surface area contributed by atoms with Crippen molar-refractivity contribution in [3.8, 4) is 11.3 Å². The SMILES string of the molecule is CN1CCN(C2CCN(c3ccc4nc(NC(=O)c5ccnc(-c6cnn(C)c6)c5)n([C@H]5CC[C@@](C)(O)CC5)c4c3)CC2)CC1.